The maximum Gasteiger partial charge on any atom is 0.297 e. The van der Waals surface area contributed by atoms with Gasteiger partial charge in [0.15, 0.2) is 11.5 Å². The zero-order valence-electron chi connectivity index (χ0n) is 10.3. The van der Waals surface area contributed by atoms with Gasteiger partial charge in [-0.3, -0.25) is 10.1 Å². The Bertz CT molecular complexity index is 730. The second-order valence-electron chi connectivity index (χ2n) is 4.12. The molecule has 20 heavy (non-hydrogen) atoms. The predicted molar refractivity (Wildman–Crippen MR) is 68.1 cm³/mol. The van der Waals surface area contributed by atoms with Crippen molar-refractivity contribution in [3.8, 4) is 23.3 Å². The SMILES string of the molecule is N#Cc1cccn1-c1cc2c(cc1[N+](=O)[O-])OCCO2. The largest absolute Gasteiger partial charge is 0.486 e. The van der Waals surface area contributed by atoms with E-state index < -0.39 is 4.92 Å². The van der Waals surface area contributed by atoms with Crippen LogP contribution in [-0.2, 0) is 0 Å². The lowest BCUT2D eigenvalue weighted by atomic mass is 10.2. The van der Waals surface area contributed by atoms with E-state index in [9.17, 15) is 10.1 Å². The van der Waals surface area contributed by atoms with Crippen LogP contribution < -0.4 is 9.47 Å². The molecule has 1 aromatic heterocycles. The summed E-state index contributed by atoms with van der Waals surface area (Å²) in [7, 11) is 0. The van der Waals surface area contributed by atoms with E-state index in [1.165, 1.54) is 16.7 Å². The first kappa shape index (κ1) is 12.0. The predicted octanol–water partition coefficient (Wildman–Crippen LogP) is 2.03. The van der Waals surface area contributed by atoms with E-state index in [4.69, 9.17) is 14.7 Å². The Morgan fingerprint density at radius 2 is 2.00 bits per heavy atom. The molecule has 0 bridgehead atoms. The lowest BCUT2D eigenvalue weighted by Gasteiger charge is -2.19. The van der Waals surface area contributed by atoms with Crippen molar-refractivity contribution in [2.24, 2.45) is 0 Å². The average molecular weight is 271 g/mol. The lowest BCUT2D eigenvalue weighted by molar-refractivity contribution is -0.384. The fourth-order valence-corrected chi connectivity index (χ4v) is 2.09. The molecule has 7 nitrogen and oxygen atoms in total. The van der Waals surface area contributed by atoms with Crippen LogP contribution in [0.3, 0.4) is 0 Å². The number of nitro benzene ring substituents is 1. The molecule has 0 saturated carbocycles. The van der Waals surface area contributed by atoms with E-state index in [0.29, 0.717) is 30.4 Å². The van der Waals surface area contributed by atoms with Crippen LogP contribution in [0.15, 0.2) is 30.5 Å². The van der Waals surface area contributed by atoms with Crippen molar-refractivity contribution >= 4 is 5.69 Å². The van der Waals surface area contributed by atoms with Crippen LogP contribution in [0.1, 0.15) is 5.69 Å². The van der Waals surface area contributed by atoms with E-state index in [-0.39, 0.29) is 11.4 Å². The van der Waals surface area contributed by atoms with E-state index in [0.717, 1.165) is 0 Å². The number of hydrogen-bond donors (Lipinski definition) is 0. The molecule has 1 aromatic carbocycles. The number of nitriles is 1. The molecule has 0 amide bonds. The molecule has 2 aromatic rings. The summed E-state index contributed by atoms with van der Waals surface area (Å²) in [4.78, 5) is 10.7. The molecular formula is C13H9N3O4. The molecule has 0 fully saturated rings. The first-order valence-electron chi connectivity index (χ1n) is 5.86. The minimum absolute atomic E-state index is 0.137. The summed E-state index contributed by atoms with van der Waals surface area (Å²) in [6.07, 6.45) is 1.59. The summed E-state index contributed by atoms with van der Waals surface area (Å²) in [6.45, 7) is 0.748. The molecule has 0 aliphatic carbocycles. The van der Waals surface area contributed by atoms with Gasteiger partial charge in [-0.25, -0.2) is 0 Å². The standard InChI is InChI=1S/C13H9N3O4/c14-8-9-2-1-3-15(9)10-6-12-13(20-5-4-19-12)7-11(10)16(17)18/h1-3,6-7H,4-5H2. The number of benzene rings is 1. The summed E-state index contributed by atoms with van der Waals surface area (Å²) in [5, 5.41) is 20.3. The van der Waals surface area contributed by atoms with Crippen molar-refractivity contribution in [3.63, 3.8) is 0 Å². The third-order valence-electron chi connectivity index (χ3n) is 2.96. The Morgan fingerprint density at radius 3 is 2.65 bits per heavy atom. The molecule has 0 radical (unpaired) electrons. The van der Waals surface area contributed by atoms with Crippen molar-refractivity contribution in [1.29, 1.82) is 5.26 Å². The molecule has 0 N–H and O–H groups in total. The Morgan fingerprint density at radius 1 is 1.30 bits per heavy atom. The summed E-state index contributed by atoms with van der Waals surface area (Å²) in [6, 6.07) is 8.07. The normalized spacial score (nSPS) is 12.8. The summed E-state index contributed by atoms with van der Waals surface area (Å²) in [5.74, 6) is 0.784. The van der Waals surface area contributed by atoms with Gasteiger partial charge in [0.2, 0.25) is 0 Å². The number of fused-ring (bicyclic) bond motifs is 1. The molecule has 0 atom stereocenters. The minimum atomic E-state index is -0.505. The van der Waals surface area contributed by atoms with Gasteiger partial charge in [0.05, 0.1) is 11.0 Å². The highest BCUT2D eigenvalue weighted by atomic mass is 16.6. The minimum Gasteiger partial charge on any atom is -0.486 e. The molecule has 0 spiro atoms. The van der Waals surface area contributed by atoms with Crippen LogP contribution in [0.25, 0.3) is 5.69 Å². The van der Waals surface area contributed by atoms with Gasteiger partial charge in [0.1, 0.15) is 30.7 Å². The van der Waals surface area contributed by atoms with Gasteiger partial charge in [-0.2, -0.15) is 5.26 Å². The molecule has 7 heteroatoms. The molecule has 0 unspecified atom stereocenters. The number of rotatable bonds is 2. The fourth-order valence-electron chi connectivity index (χ4n) is 2.09. The van der Waals surface area contributed by atoms with Gasteiger partial charge in [0.25, 0.3) is 5.69 Å². The van der Waals surface area contributed by atoms with Crippen molar-refractivity contribution < 1.29 is 14.4 Å². The molecule has 100 valence electrons. The summed E-state index contributed by atoms with van der Waals surface area (Å²) >= 11 is 0. The maximum atomic E-state index is 11.2. The summed E-state index contributed by atoms with van der Waals surface area (Å²) in [5.41, 5.74) is 0.451. The summed E-state index contributed by atoms with van der Waals surface area (Å²) < 4.78 is 12.2. The highest BCUT2D eigenvalue weighted by Gasteiger charge is 2.24. The lowest BCUT2D eigenvalue weighted by Crippen LogP contribution is -2.16. The Labute approximate surface area is 113 Å². The van der Waals surface area contributed by atoms with Gasteiger partial charge in [-0.05, 0) is 12.1 Å². The molecule has 2 heterocycles. The molecule has 1 aliphatic rings. The maximum absolute atomic E-state index is 11.2. The second kappa shape index (κ2) is 4.59. The van der Waals surface area contributed by atoms with Crippen LogP contribution in [0.4, 0.5) is 5.69 Å². The third kappa shape index (κ3) is 1.83. The van der Waals surface area contributed by atoms with Gasteiger partial charge >= 0.3 is 0 Å². The topological polar surface area (TPSA) is 90.3 Å². The monoisotopic (exact) mass is 271 g/mol. The van der Waals surface area contributed by atoms with Crippen molar-refractivity contribution in [1.82, 2.24) is 4.57 Å². The number of ether oxygens (including phenoxy) is 2. The second-order valence-corrected chi connectivity index (χ2v) is 4.12. The van der Waals surface area contributed by atoms with E-state index in [1.54, 1.807) is 18.3 Å². The number of nitrogens with zero attached hydrogens (tertiary/aromatic N) is 3. The zero-order valence-corrected chi connectivity index (χ0v) is 10.3. The van der Waals surface area contributed by atoms with Crippen molar-refractivity contribution in [3.05, 3.63) is 46.3 Å². The van der Waals surface area contributed by atoms with Crippen LogP contribution in [0, 0.1) is 21.4 Å². The fraction of sp³-hybridized carbons (Fsp3) is 0.154. The quantitative estimate of drug-likeness (QED) is 0.615. The average Bonchev–Trinajstić information content (AvgIpc) is 2.94. The van der Waals surface area contributed by atoms with Crippen LogP contribution in [-0.4, -0.2) is 22.7 Å². The molecule has 1 aliphatic heterocycles. The molecule has 0 saturated heterocycles. The number of hydrogen-bond acceptors (Lipinski definition) is 5. The molecule has 3 rings (SSSR count). The zero-order chi connectivity index (χ0) is 14.1. The van der Waals surface area contributed by atoms with Gasteiger partial charge in [0, 0.05) is 12.3 Å². The Balaban J connectivity index is 2.23. The third-order valence-corrected chi connectivity index (χ3v) is 2.96. The van der Waals surface area contributed by atoms with E-state index in [1.807, 2.05) is 6.07 Å². The van der Waals surface area contributed by atoms with E-state index >= 15 is 0 Å². The highest BCUT2D eigenvalue weighted by Crippen LogP contribution is 2.38. The number of aromatic nitrogens is 1. The van der Waals surface area contributed by atoms with Gasteiger partial charge < -0.3 is 14.0 Å². The first-order chi connectivity index (χ1) is 9.70. The molecular weight excluding hydrogens is 262 g/mol. The van der Waals surface area contributed by atoms with E-state index in [2.05, 4.69) is 0 Å². The Kier molecular flexibility index (Phi) is 2.76. The van der Waals surface area contributed by atoms with Gasteiger partial charge in [-0.15, -0.1) is 0 Å². The van der Waals surface area contributed by atoms with Crippen LogP contribution in [0.5, 0.6) is 11.5 Å². The smallest absolute Gasteiger partial charge is 0.297 e. The van der Waals surface area contributed by atoms with Crippen LogP contribution >= 0.6 is 0 Å². The van der Waals surface area contributed by atoms with Gasteiger partial charge in [-0.1, -0.05) is 0 Å². The highest BCUT2D eigenvalue weighted by molar-refractivity contribution is 5.63. The van der Waals surface area contributed by atoms with Crippen LogP contribution in [0.2, 0.25) is 0 Å². The van der Waals surface area contributed by atoms with Crippen molar-refractivity contribution in [2.45, 2.75) is 0 Å². The number of nitro groups is 1. The first-order valence-corrected chi connectivity index (χ1v) is 5.86. The van der Waals surface area contributed by atoms with Crippen molar-refractivity contribution in [2.75, 3.05) is 13.2 Å². The Hall–Kier alpha value is -3.01.